The average molecular weight is 340 g/mol. The summed E-state index contributed by atoms with van der Waals surface area (Å²) < 4.78 is 3.10. The largest absolute Gasteiger partial charge is 0.346 e. The van der Waals surface area contributed by atoms with Gasteiger partial charge in [0.2, 0.25) is 5.91 Å². The van der Waals surface area contributed by atoms with Crippen molar-refractivity contribution in [1.29, 1.82) is 0 Å². The highest BCUT2D eigenvalue weighted by Crippen LogP contribution is 2.30. The molecule has 0 saturated heterocycles. The molecular weight excluding hydrogens is 316 g/mol. The van der Waals surface area contributed by atoms with Crippen LogP contribution in [0, 0.1) is 6.92 Å². The molecule has 132 valence electrons. The summed E-state index contributed by atoms with van der Waals surface area (Å²) in [5, 5.41) is 4.44. The van der Waals surface area contributed by atoms with Gasteiger partial charge in [-0.15, -0.1) is 0 Å². The first kappa shape index (κ1) is 16.1. The molecule has 6 heteroatoms. The second kappa shape index (κ2) is 6.50. The third-order valence-corrected chi connectivity index (χ3v) is 5.29. The molecular formula is C19H24N4O2. The quantitative estimate of drug-likeness (QED) is 0.841. The minimum absolute atomic E-state index is 0.0204. The zero-order valence-electron chi connectivity index (χ0n) is 14.7. The highest BCUT2D eigenvalue weighted by atomic mass is 16.2. The fraction of sp³-hybridized carbons (Fsp3) is 0.526. The van der Waals surface area contributed by atoms with Crippen LogP contribution in [-0.4, -0.2) is 26.8 Å². The number of rotatable bonds is 2. The number of nitrogens with zero attached hydrogens (tertiary/aromatic N) is 4. The van der Waals surface area contributed by atoms with E-state index in [0.29, 0.717) is 13.1 Å². The van der Waals surface area contributed by atoms with Gasteiger partial charge in [0.1, 0.15) is 12.4 Å². The summed E-state index contributed by atoms with van der Waals surface area (Å²) in [5.41, 5.74) is 3.20. The predicted octanol–water partition coefficient (Wildman–Crippen LogP) is 2.06. The lowest BCUT2D eigenvalue weighted by Gasteiger charge is -2.31. The molecule has 0 saturated carbocycles. The maximum absolute atomic E-state index is 12.9. The van der Waals surface area contributed by atoms with Crippen LogP contribution in [0.4, 0.5) is 5.69 Å². The summed E-state index contributed by atoms with van der Waals surface area (Å²) in [4.78, 5) is 27.4. The Kier molecular flexibility index (Phi) is 4.19. The standard InChI is InChI=1S/C19H24N4O2/c1-14-7-5-8-15-9-6-12-22(18(14)15)17(24)13-23-19(25)21-11-4-2-3-10-16(21)20-23/h5,7-8H,2-4,6,9-13H2,1H3. The van der Waals surface area contributed by atoms with E-state index in [-0.39, 0.29) is 18.1 Å². The number of aryl methyl sites for hydroxylation is 3. The molecule has 0 unspecified atom stereocenters. The summed E-state index contributed by atoms with van der Waals surface area (Å²) in [5.74, 6) is 0.774. The molecule has 3 heterocycles. The third kappa shape index (κ3) is 2.90. The van der Waals surface area contributed by atoms with Gasteiger partial charge in [-0.2, -0.15) is 5.10 Å². The van der Waals surface area contributed by atoms with Crippen molar-refractivity contribution in [2.75, 3.05) is 11.4 Å². The highest BCUT2D eigenvalue weighted by Gasteiger charge is 2.25. The van der Waals surface area contributed by atoms with Crippen molar-refractivity contribution in [3.05, 3.63) is 45.6 Å². The van der Waals surface area contributed by atoms with E-state index in [0.717, 1.165) is 55.6 Å². The molecule has 0 atom stereocenters. The molecule has 0 spiro atoms. The Labute approximate surface area is 147 Å². The van der Waals surface area contributed by atoms with E-state index in [4.69, 9.17) is 0 Å². The van der Waals surface area contributed by atoms with Crippen LogP contribution in [0.5, 0.6) is 0 Å². The molecule has 0 radical (unpaired) electrons. The molecule has 0 bridgehead atoms. The minimum Gasteiger partial charge on any atom is -0.310 e. The number of hydrogen-bond donors (Lipinski definition) is 0. The van der Waals surface area contributed by atoms with Crippen LogP contribution >= 0.6 is 0 Å². The van der Waals surface area contributed by atoms with Gasteiger partial charge >= 0.3 is 5.69 Å². The zero-order chi connectivity index (χ0) is 17.4. The van der Waals surface area contributed by atoms with Gasteiger partial charge in [-0.25, -0.2) is 9.48 Å². The molecule has 2 aliphatic heterocycles. The topological polar surface area (TPSA) is 60.1 Å². The minimum atomic E-state index is -0.146. The Morgan fingerprint density at radius 3 is 2.88 bits per heavy atom. The monoisotopic (exact) mass is 340 g/mol. The van der Waals surface area contributed by atoms with E-state index in [1.54, 1.807) is 4.57 Å². The summed E-state index contributed by atoms with van der Waals surface area (Å²) >= 11 is 0. The molecule has 2 aliphatic rings. The zero-order valence-corrected chi connectivity index (χ0v) is 14.7. The highest BCUT2D eigenvalue weighted by molar-refractivity contribution is 5.95. The van der Waals surface area contributed by atoms with Crippen molar-refractivity contribution in [2.24, 2.45) is 0 Å². The lowest BCUT2D eigenvalue weighted by molar-refractivity contribution is -0.119. The van der Waals surface area contributed by atoms with Gasteiger partial charge in [0.25, 0.3) is 0 Å². The summed E-state index contributed by atoms with van der Waals surface area (Å²) in [7, 11) is 0. The van der Waals surface area contributed by atoms with E-state index < -0.39 is 0 Å². The van der Waals surface area contributed by atoms with Gasteiger partial charge in [-0.1, -0.05) is 24.6 Å². The van der Waals surface area contributed by atoms with E-state index in [1.165, 1.54) is 10.2 Å². The van der Waals surface area contributed by atoms with Gasteiger partial charge in [-0.05, 0) is 43.7 Å². The Morgan fingerprint density at radius 1 is 1.12 bits per heavy atom. The van der Waals surface area contributed by atoms with Gasteiger partial charge in [0.05, 0.1) is 0 Å². The number of amides is 1. The van der Waals surface area contributed by atoms with Gasteiger partial charge < -0.3 is 4.90 Å². The van der Waals surface area contributed by atoms with Gasteiger partial charge in [0.15, 0.2) is 0 Å². The van der Waals surface area contributed by atoms with E-state index in [1.807, 2.05) is 24.0 Å². The molecule has 1 amide bonds. The number of aromatic nitrogens is 3. The lowest BCUT2D eigenvalue weighted by Crippen LogP contribution is -2.40. The molecule has 4 rings (SSSR count). The first-order valence-electron chi connectivity index (χ1n) is 9.20. The van der Waals surface area contributed by atoms with Crippen molar-refractivity contribution < 1.29 is 4.79 Å². The van der Waals surface area contributed by atoms with Gasteiger partial charge in [0, 0.05) is 25.2 Å². The van der Waals surface area contributed by atoms with E-state index >= 15 is 0 Å². The third-order valence-electron chi connectivity index (χ3n) is 5.29. The first-order valence-corrected chi connectivity index (χ1v) is 9.20. The van der Waals surface area contributed by atoms with Crippen LogP contribution in [0.3, 0.4) is 0 Å². The van der Waals surface area contributed by atoms with Crippen LogP contribution in [0.25, 0.3) is 0 Å². The molecule has 2 aromatic rings. The Morgan fingerprint density at radius 2 is 2.00 bits per heavy atom. The number of hydrogen-bond acceptors (Lipinski definition) is 3. The van der Waals surface area contributed by atoms with Crippen molar-refractivity contribution in [3.63, 3.8) is 0 Å². The second-order valence-electron chi connectivity index (χ2n) is 7.05. The number of carbonyl (C=O) groups excluding carboxylic acids is 1. The van der Waals surface area contributed by atoms with E-state index in [9.17, 15) is 9.59 Å². The number of anilines is 1. The predicted molar refractivity (Wildman–Crippen MR) is 95.9 cm³/mol. The molecule has 1 aromatic carbocycles. The van der Waals surface area contributed by atoms with Crippen LogP contribution in [0.2, 0.25) is 0 Å². The van der Waals surface area contributed by atoms with Crippen molar-refractivity contribution >= 4 is 11.6 Å². The fourth-order valence-electron chi connectivity index (χ4n) is 4.04. The SMILES string of the molecule is Cc1cccc2c1N(C(=O)Cn1nc3n(c1=O)CCCCC3)CCC2. The number of carbonyl (C=O) groups is 1. The first-order chi connectivity index (χ1) is 12.1. The maximum Gasteiger partial charge on any atom is 0.346 e. The fourth-order valence-corrected chi connectivity index (χ4v) is 4.04. The normalized spacial score (nSPS) is 16.9. The smallest absolute Gasteiger partial charge is 0.310 e. The second-order valence-corrected chi connectivity index (χ2v) is 7.05. The lowest BCUT2D eigenvalue weighted by atomic mass is 9.98. The molecule has 6 nitrogen and oxygen atoms in total. The molecule has 0 N–H and O–H groups in total. The van der Waals surface area contributed by atoms with Gasteiger partial charge in [-0.3, -0.25) is 9.36 Å². The molecule has 1 aromatic heterocycles. The van der Waals surface area contributed by atoms with Crippen molar-refractivity contribution in [1.82, 2.24) is 14.3 Å². The summed E-state index contributed by atoms with van der Waals surface area (Å²) in [6, 6.07) is 6.17. The molecule has 25 heavy (non-hydrogen) atoms. The Balaban J connectivity index is 1.61. The summed E-state index contributed by atoms with van der Waals surface area (Å²) in [6.45, 7) is 3.48. The van der Waals surface area contributed by atoms with Crippen molar-refractivity contribution in [2.45, 2.75) is 58.5 Å². The number of benzene rings is 1. The number of fused-ring (bicyclic) bond motifs is 2. The van der Waals surface area contributed by atoms with Crippen LogP contribution in [0.1, 0.15) is 42.6 Å². The molecule has 0 aliphatic carbocycles. The maximum atomic E-state index is 12.9. The van der Waals surface area contributed by atoms with Crippen molar-refractivity contribution in [3.8, 4) is 0 Å². The number of para-hydroxylation sites is 1. The van der Waals surface area contributed by atoms with Crippen LogP contribution in [0.15, 0.2) is 23.0 Å². The molecule has 0 fully saturated rings. The Bertz CT molecular complexity index is 865. The average Bonchev–Trinajstić information content (AvgIpc) is 2.77. The van der Waals surface area contributed by atoms with E-state index in [2.05, 4.69) is 11.2 Å². The van der Waals surface area contributed by atoms with Crippen LogP contribution in [-0.2, 0) is 30.7 Å². The Hall–Kier alpha value is -2.37. The summed E-state index contributed by atoms with van der Waals surface area (Å²) in [6.07, 6.45) is 5.97. The van der Waals surface area contributed by atoms with Crippen LogP contribution < -0.4 is 10.6 Å².